The maximum Gasteiger partial charge on any atom is 0.264 e. The fourth-order valence-corrected chi connectivity index (χ4v) is 5.16. The summed E-state index contributed by atoms with van der Waals surface area (Å²) in [6, 6.07) is 13.1. The van der Waals surface area contributed by atoms with Crippen molar-refractivity contribution in [1.82, 2.24) is 4.90 Å². The van der Waals surface area contributed by atoms with Crippen LogP contribution >= 0.6 is 0 Å². The summed E-state index contributed by atoms with van der Waals surface area (Å²) < 4.78 is 39.3. The molecular weight excluding hydrogens is 416 g/mol. The molecule has 0 bridgehead atoms. The first-order chi connectivity index (χ1) is 15.0. The van der Waals surface area contributed by atoms with Crippen LogP contribution < -0.4 is 13.8 Å². The SMILES string of the molecule is C=CCOc1ccccc1N(CC(O)CN1CCCC1)S(=O)(=O)c1ccc(OC)cc1. The molecular formula is C23H30N2O5S. The van der Waals surface area contributed by atoms with Crippen molar-refractivity contribution in [2.45, 2.75) is 23.8 Å². The van der Waals surface area contributed by atoms with Gasteiger partial charge in [-0.1, -0.05) is 24.8 Å². The number of nitrogens with zero attached hydrogens (tertiary/aromatic N) is 2. The van der Waals surface area contributed by atoms with E-state index in [1.807, 2.05) is 0 Å². The highest BCUT2D eigenvalue weighted by atomic mass is 32.2. The van der Waals surface area contributed by atoms with E-state index in [1.54, 1.807) is 42.5 Å². The number of aliphatic hydroxyl groups is 1. The second kappa shape index (κ2) is 10.7. The number of likely N-dealkylation sites (tertiary alicyclic amines) is 1. The van der Waals surface area contributed by atoms with Gasteiger partial charge in [-0.05, 0) is 62.3 Å². The normalized spacial score (nSPS) is 15.4. The first kappa shape index (κ1) is 23.1. The van der Waals surface area contributed by atoms with E-state index in [4.69, 9.17) is 9.47 Å². The van der Waals surface area contributed by atoms with Crippen molar-refractivity contribution >= 4 is 15.7 Å². The van der Waals surface area contributed by atoms with Crippen LogP contribution in [0.5, 0.6) is 11.5 Å². The zero-order valence-corrected chi connectivity index (χ0v) is 18.6. The van der Waals surface area contributed by atoms with Gasteiger partial charge in [0.05, 0.1) is 30.3 Å². The molecule has 2 aromatic carbocycles. The highest BCUT2D eigenvalue weighted by Crippen LogP contribution is 2.33. The van der Waals surface area contributed by atoms with Crippen molar-refractivity contribution in [1.29, 1.82) is 0 Å². The number of para-hydroxylation sites is 2. The summed E-state index contributed by atoms with van der Waals surface area (Å²) in [7, 11) is -2.44. The van der Waals surface area contributed by atoms with Crippen molar-refractivity contribution in [3.05, 3.63) is 61.2 Å². The fourth-order valence-electron chi connectivity index (χ4n) is 3.65. The Labute approximate surface area is 184 Å². The Bertz CT molecular complexity index is 956. The van der Waals surface area contributed by atoms with Gasteiger partial charge < -0.3 is 19.5 Å². The lowest BCUT2D eigenvalue weighted by Crippen LogP contribution is -2.42. The Hall–Kier alpha value is -2.55. The van der Waals surface area contributed by atoms with Crippen LogP contribution in [0.1, 0.15) is 12.8 Å². The van der Waals surface area contributed by atoms with Gasteiger partial charge in [0.15, 0.2) is 0 Å². The zero-order valence-electron chi connectivity index (χ0n) is 17.8. The Morgan fingerprint density at radius 3 is 2.48 bits per heavy atom. The van der Waals surface area contributed by atoms with Crippen LogP contribution in [-0.2, 0) is 10.0 Å². The monoisotopic (exact) mass is 446 g/mol. The van der Waals surface area contributed by atoms with Crippen molar-refractivity contribution in [2.75, 3.05) is 44.2 Å². The average molecular weight is 447 g/mol. The number of β-amino-alcohol motifs (C(OH)–C–C–N with tert-alkyl or cyclic N) is 1. The number of hydrogen-bond donors (Lipinski definition) is 1. The number of methoxy groups -OCH3 is 1. The predicted molar refractivity (Wildman–Crippen MR) is 121 cm³/mol. The molecule has 0 radical (unpaired) electrons. The maximum atomic E-state index is 13.6. The average Bonchev–Trinajstić information content (AvgIpc) is 3.29. The van der Waals surface area contributed by atoms with Crippen LogP contribution in [0.25, 0.3) is 0 Å². The van der Waals surface area contributed by atoms with Gasteiger partial charge in [0, 0.05) is 6.54 Å². The molecule has 0 amide bonds. The van der Waals surface area contributed by atoms with Crippen LogP contribution in [0.15, 0.2) is 66.1 Å². The molecule has 1 aliphatic rings. The van der Waals surface area contributed by atoms with E-state index in [1.165, 1.54) is 23.5 Å². The molecule has 0 aliphatic carbocycles. The molecule has 2 aromatic rings. The number of rotatable bonds is 11. The minimum atomic E-state index is -3.96. The van der Waals surface area contributed by atoms with Crippen LogP contribution in [0.2, 0.25) is 0 Å². The first-order valence-electron chi connectivity index (χ1n) is 10.4. The van der Waals surface area contributed by atoms with E-state index in [9.17, 15) is 13.5 Å². The number of aliphatic hydroxyl groups excluding tert-OH is 1. The molecule has 31 heavy (non-hydrogen) atoms. The Kier molecular flexibility index (Phi) is 7.95. The topological polar surface area (TPSA) is 79.3 Å². The lowest BCUT2D eigenvalue weighted by Gasteiger charge is -2.29. The minimum Gasteiger partial charge on any atom is -0.497 e. The summed E-state index contributed by atoms with van der Waals surface area (Å²) in [6.07, 6.45) is 2.94. The van der Waals surface area contributed by atoms with Crippen molar-refractivity contribution < 1.29 is 23.0 Å². The number of hydrogen-bond acceptors (Lipinski definition) is 6. The molecule has 168 valence electrons. The van der Waals surface area contributed by atoms with Gasteiger partial charge in [0.1, 0.15) is 18.1 Å². The van der Waals surface area contributed by atoms with Gasteiger partial charge >= 0.3 is 0 Å². The van der Waals surface area contributed by atoms with E-state index in [0.29, 0.717) is 23.7 Å². The van der Waals surface area contributed by atoms with Crippen molar-refractivity contribution in [3.8, 4) is 11.5 Å². The molecule has 3 rings (SSSR count). The summed E-state index contributed by atoms with van der Waals surface area (Å²) in [4.78, 5) is 2.27. The molecule has 1 aliphatic heterocycles. The zero-order chi connectivity index (χ0) is 22.3. The number of benzene rings is 2. The Morgan fingerprint density at radius 2 is 1.84 bits per heavy atom. The number of anilines is 1. The lowest BCUT2D eigenvalue weighted by molar-refractivity contribution is 0.132. The maximum absolute atomic E-state index is 13.6. The van der Waals surface area contributed by atoms with Crippen molar-refractivity contribution in [3.63, 3.8) is 0 Å². The standard InChI is InChI=1S/C23H30N2O5S/c1-3-16-30-23-9-5-4-8-22(23)25(18-19(26)17-24-14-6-7-15-24)31(27,28)21-12-10-20(29-2)11-13-21/h3-5,8-13,19,26H,1,6-7,14-18H2,2H3. The summed E-state index contributed by atoms with van der Waals surface area (Å²) in [5.41, 5.74) is 0.376. The summed E-state index contributed by atoms with van der Waals surface area (Å²) in [5, 5.41) is 10.8. The van der Waals surface area contributed by atoms with Gasteiger partial charge in [-0.2, -0.15) is 0 Å². The highest BCUT2D eigenvalue weighted by molar-refractivity contribution is 7.92. The molecule has 1 heterocycles. The van der Waals surface area contributed by atoms with E-state index >= 15 is 0 Å². The molecule has 0 saturated carbocycles. The van der Waals surface area contributed by atoms with Crippen LogP contribution in [0.3, 0.4) is 0 Å². The second-order valence-corrected chi connectivity index (χ2v) is 9.30. The van der Waals surface area contributed by atoms with Crippen LogP contribution in [0, 0.1) is 0 Å². The molecule has 1 atom stereocenters. The lowest BCUT2D eigenvalue weighted by atomic mass is 10.2. The van der Waals surface area contributed by atoms with E-state index in [0.717, 1.165) is 25.9 Å². The molecule has 7 nitrogen and oxygen atoms in total. The molecule has 8 heteroatoms. The molecule has 1 fully saturated rings. The molecule has 0 aromatic heterocycles. The van der Waals surface area contributed by atoms with Gasteiger partial charge in [-0.15, -0.1) is 0 Å². The van der Waals surface area contributed by atoms with Crippen LogP contribution in [0.4, 0.5) is 5.69 Å². The third-order valence-corrected chi connectivity index (χ3v) is 6.98. The van der Waals surface area contributed by atoms with E-state index in [-0.39, 0.29) is 18.0 Å². The van der Waals surface area contributed by atoms with Gasteiger partial charge in [0.25, 0.3) is 10.0 Å². The van der Waals surface area contributed by atoms with Gasteiger partial charge in [-0.3, -0.25) is 4.31 Å². The Morgan fingerprint density at radius 1 is 1.16 bits per heavy atom. The Balaban J connectivity index is 1.96. The molecule has 1 N–H and O–H groups in total. The smallest absolute Gasteiger partial charge is 0.264 e. The second-order valence-electron chi connectivity index (χ2n) is 7.44. The minimum absolute atomic E-state index is 0.0840. The van der Waals surface area contributed by atoms with Gasteiger partial charge in [-0.25, -0.2) is 8.42 Å². The third-order valence-electron chi connectivity index (χ3n) is 5.18. The summed E-state index contributed by atoms with van der Waals surface area (Å²) in [5.74, 6) is 0.974. The quantitative estimate of drug-likeness (QED) is 0.535. The van der Waals surface area contributed by atoms with E-state index in [2.05, 4.69) is 11.5 Å². The molecule has 0 spiro atoms. The van der Waals surface area contributed by atoms with E-state index < -0.39 is 16.1 Å². The molecule has 1 unspecified atom stereocenters. The number of sulfonamides is 1. The third kappa shape index (κ3) is 5.78. The predicted octanol–water partition coefficient (Wildman–Crippen LogP) is 2.91. The highest BCUT2D eigenvalue weighted by Gasteiger charge is 2.30. The largest absolute Gasteiger partial charge is 0.497 e. The molecule has 1 saturated heterocycles. The van der Waals surface area contributed by atoms with Crippen molar-refractivity contribution in [2.24, 2.45) is 0 Å². The number of ether oxygens (including phenoxy) is 2. The van der Waals surface area contributed by atoms with Gasteiger partial charge in [0.2, 0.25) is 0 Å². The summed E-state index contributed by atoms with van der Waals surface area (Å²) in [6.45, 7) is 6.07. The first-order valence-corrected chi connectivity index (χ1v) is 11.8. The summed E-state index contributed by atoms with van der Waals surface area (Å²) >= 11 is 0. The van der Waals surface area contributed by atoms with Crippen LogP contribution in [-0.4, -0.2) is 64.4 Å². The fraction of sp³-hybridized carbons (Fsp3) is 0.391.